The van der Waals surface area contributed by atoms with E-state index in [4.69, 9.17) is 4.74 Å². The van der Waals surface area contributed by atoms with E-state index in [1.807, 2.05) is 6.07 Å². The van der Waals surface area contributed by atoms with Gasteiger partial charge in [0.25, 0.3) is 0 Å². The van der Waals surface area contributed by atoms with E-state index in [9.17, 15) is 4.39 Å². The maximum Gasteiger partial charge on any atom is 0.149 e. The van der Waals surface area contributed by atoms with Gasteiger partial charge in [0.15, 0.2) is 0 Å². The monoisotopic (exact) mass is 235 g/mol. The molecule has 0 spiro atoms. The second-order valence-electron chi connectivity index (χ2n) is 5.01. The van der Waals surface area contributed by atoms with Crippen LogP contribution in [0.25, 0.3) is 0 Å². The molecular weight excluding hydrogens is 217 g/mol. The summed E-state index contributed by atoms with van der Waals surface area (Å²) in [5.74, 6) is 0.520. The van der Waals surface area contributed by atoms with E-state index in [2.05, 4.69) is 17.9 Å². The van der Waals surface area contributed by atoms with Crippen molar-refractivity contribution in [1.29, 1.82) is 0 Å². The zero-order valence-electron chi connectivity index (χ0n) is 10.2. The summed E-state index contributed by atoms with van der Waals surface area (Å²) in [4.78, 5) is 2.10. The number of morpholine rings is 1. The molecule has 3 heteroatoms. The first-order valence-corrected chi connectivity index (χ1v) is 6.41. The van der Waals surface area contributed by atoms with Crippen LogP contribution in [0.5, 0.6) is 0 Å². The van der Waals surface area contributed by atoms with E-state index in [-0.39, 0.29) is 5.82 Å². The predicted molar refractivity (Wildman–Crippen MR) is 66.2 cm³/mol. The molecule has 1 saturated heterocycles. The largest absolute Gasteiger partial charge is 0.378 e. The number of ether oxygens (including phenoxy) is 1. The van der Waals surface area contributed by atoms with E-state index in [0.29, 0.717) is 19.1 Å². The zero-order chi connectivity index (χ0) is 11.8. The van der Waals surface area contributed by atoms with Crippen molar-refractivity contribution in [3.63, 3.8) is 0 Å². The lowest BCUT2D eigenvalue weighted by atomic mass is 10.0. The molecule has 3 rings (SSSR count). The Balaban J connectivity index is 1.96. The first kappa shape index (κ1) is 11.0. The molecular formula is C14H18FNO. The van der Waals surface area contributed by atoms with Crippen LogP contribution in [-0.2, 0) is 11.2 Å². The van der Waals surface area contributed by atoms with Crippen LogP contribution in [0.1, 0.15) is 30.4 Å². The summed E-state index contributed by atoms with van der Waals surface area (Å²) < 4.78 is 19.8. The van der Waals surface area contributed by atoms with Gasteiger partial charge in [0.1, 0.15) is 5.82 Å². The Morgan fingerprint density at radius 1 is 1.29 bits per heavy atom. The van der Waals surface area contributed by atoms with Crippen LogP contribution in [0.2, 0.25) is 0 Å². The van der Waals surface area contributed by atoms with E-state index < -0.39 is 0 Å². The third-order valence-corrected chi connectivity index (χ3v) is 3.97. The molecule has 1 heterocycles. The van der Waals surface area contributed by atoms with Gasteiger partial charge in [-0.15, -0.1) is 0 Å². The molecule has 1 aromatic carbocycles. The molecule has 1 aromatic rings. The van der Waals surface area contributed by atoms with Gasteiger partial charge < -0.3 is 9.64 Å². The van der Waals surface area contributed by atoms with Gasteiger partial charge in [-0.05, 0) is 36.0 Å². The number of benzene rings is 1. The van der Waals surface area contributed by atoms with Gasteiger partial charge in [0.2, 0.25) is 0 Å². The fourth-order valence-electron chi connectivity index (χ4n) is 2.90. The first-order valence-electron chi connectivity index (χ1n) is 6.41. The average Bonchev–Trinajstić information content (AvgIpc) is 2.74. The molecule has 0 aromatic heterocycles. The Morgan fingerprint density at radius 3 is 2.82 bits per heavy atom. The number of rotatable bonds is 1. The van der Waals surface area contributed by atoms with Gasteiger partial charge >= 0.3 is 0 Å². The molecule has 0 amide bonds. The van der Waals surface area contributed by atoms with Gasteiger partial charge in [-0.1, -0.05) is 13.0 Å². The SMILES string of the molecule is C[C@@H]1CCc2c1ccc(N1CCOCC1)c2F. The molecule has 1 aliphatic heterocycles. The van der Waals surface area contributed by atoms with Crippen LogP contribution in [0.4, 0.5) is 10.1 Å². The molecule has 17 heavy (non-hydrogen) atoms. The highest BCUT2D eigenvalue weighted by atomic mass is 19.1. The van der Waals surface area contributed by atoms with Crippen molar-refractivity contribution < 1.29 is 9.13 Å². The number of hydrogen-bond acceptors (Lipinski definition) is 2. The van der Waals surface area contributed by atoms with Gasteiger partial charge in [0.05, 0.1) is 18.9 Å². The van der Waals surface area contributed by atoms with Crippen LogP contribution in [0.3, 0.4) is 0 Å². The van der Waals surface area contributed by atoms with Gasteiger partial charge in [-0.2, -0.15) is 0 Å². The quantitative estimate of drug-likeness (QED) is 0.742. The molecule has 2 aliphatic rings. The summed E-state index contributed by atoms with van der Waals surface area (Å²) >= 11 is 0. The minimum absolute atomic E-state index is 0.00810. The first-order chi connectivity index (χ1) is 8.27. The van der Waals surface area contributed by atoms with Crippen LogP contribution in [-0.4, -0.2) is 26.3 Å². The van der Waals surface area contributed by atoms with Crippen molar-refractivity contribution in [2.45, 2.75) is 25.7 Å². The standard InChI is InChI=1S/C14H18FNO/c1-10-2-3-12-11(10)4-5-13(14(12)15)16-6-8-17-9-7-16/h4-5,10H,2-3,6-9H2,1H3/t10-/m1/s1. The smallest absolute Gasteiger partial charge is 0.149 e. The lowest BCUT2D eigenvalue weighted by molar-refractivity contribution is 0.122. The summed E-state index contributed by atoms with van der Waals surface area (Å²) in [6.45, 7) is 5.18. The third-order valence-electron chi connectivity index (χ3n) is 3.97. The number of hydrogen-bond donors (Lipinski definition) is 0. The van der Waals surface area contributed by atoms with Gasteiger partial charge in [0, 0.05) is 13.1 Å². The Bertz CT molecular complexity index is 426. The highest BCUT2D eigenvalue weighted by Crippen LogP contribution is 2.37. The van der Waals surface area contributed by atoms with Gasteiger partial charge in [-0.3, -0.25) is 0 Å². The van der Waals surface area contributed by atoms with E-state index >= 15 is 0 Å². The Hall–Kier alpha value is -1.09. The van der Waals surface area contributed by atoms with Crippen molar-refractivity contribution in [2.75, 3.05) is 31.2 Å². The summed E-state index contributed by atoms with van der Waals surface area (Å²) in [6.07, 6.45) is 1.97. The van der Waals surface area contributed by atoms with Crippen molar-refractivity contribution in [3.05, 3.63) is 29.1 Å². The van der Waals surface area contributed by atoms with E-state index in [1.165, 1.54) is 5.56 Å². The molecule has 0 bridgehead atoms. The lowest BCUT2D eigenvalue weighted by Gasteiger charge is -2.29. The van der Waals surface area contributed by atoms with Crippen molar-refractivity contribution in [2.24, 2.45) is 0 Å². The molecule has 2 nitrogen and oxygen atoms in total. The number of halogens is 1. The van der Waals surface area contributed by atoms with E-state index in [1.54, 1.807) is 0 Å². The maximum atomic E-state index is 14.4. The Morgan fingerprint density at radius 2 is 2.06 bits per heavy atom. The van der Waals surface area contributed by atoms with Gasteiger partial charge in [-0.25, -0.2) is 4.39 Å². The molecule has 0 radical (unpaired) electrons. The summed E-state index contributed by atoms with van der Waals surface area (Å²) in [5, 5.41) is 0. The second-order valence-corrected chi connectivity index (χ2v) is 5.01. The Labute approximate surface area is 101 Å². The average molecular weight is 235 g/mol. The highest BCUT2D eigenvalue weighted by Gasteiger charge is 2.25. The second kappa shape index (κ2) is 4.30. The predicted octanol–water partition coefficient (Wildman–Crippen LogP) is 2.71. The third kappa shape index (κ3) is 1.82. The summed E-state index contributed by atoms with van der Waals surface area (Å²) in [7, 11) is 0. The molecule has 92 valence electrons. The molecule has 1 fully saturated rings. The van der Waals surface area contributed by atoms with Crippen LogP contribution in [0, 0.1) is 5.82 Å². The van der Waals surface area contributed by atoms with Crippen LogP contribution < -0.4 is 4.90 Å². The minimum atomic E-state index is 0.00810. The molecule has 0 unspecified atom stereocenters. The minimum Gasteiger partial charge on any atom is -0.378 e. The van der Waals surface area contributed by atoms with Crippen molar-refractivity contribution >= 4 is 5.69 Å². The van der Waals surface area contributed by atoms with Crippen LogP contribution in [0.15, 0.2) is 12.1 Å². The number of fused-ring (bicyclic) bond motifs is 1. The topological polar surface area (TPSA) is 12.5 Å². The fourth-order valence-corrected chi connectivity index (χ4v) is 2.90. The number of anilines is 1. The van der Waals surface area contributed by atoms with Crippen LogP contribution >= 0.6 is 0 Å². The molecule has 1 atom stereocenters. The summed E-state index contributed by atoms with van der Waals surface area (Å²) in [5.41, 5.74) is 2.92. The molecule has 0 saturated carbocycles. The lowest BCUT2D eigenvalue weighted by Crippen LogP contribution is -2.36. The maximum absolute atomic E-state index is 14.4. The number of nitrogens with zero attached hydrogens (tertiary/aromatic N) is 1. The Kier molecular flexibility index (Phi) is 2.79. The molecule has 0 N–H and O–H groups in total. The summed E-state index contributed by atoms with van der Waals surface area (Å²) in [6, 6.07) is 4.06. The zero-order valence-corrected chi connectivity index (χ0v) is 10.2. The van der Waals surface area contributed by atoms with Crippen molar-refractivity contribution in [3.8, 4) is 0 Å². The molecule has 1 aliphatic carbocycles. The fraction of sp³-hybridized carbons (Fsp3) is 0.571. The highest BCUT2D eigenvalue weighted by molar-refractivity contribution is 5.55. The normalized spacial score (nSPS) is 23.9. The van der Waals surface area contributed by atoms with E-state index in [0.717, 1.165) is 37.2 Å². The van der Waals surface area contributed by atoms with Crippen molar-refractivity contribution in [1.82, 2.24) is 0 Å².